The summed E-state index contributed by atoms with van der Waals surface area (Å²) < 4.78 is 18.4. The van der Waals surface area contributed by atoms with Crippen molar-refractivity contribution in [2.24, 2.45) is 0 Å². The maximum absolute atomic E-state index is 12.4. The normalized spacial score (nSPS) is 15.2. The number of hydrogen-bond donors (Lipinski definition) is 0. The summed E-state index contributed by atoms with van der Waals surface area (Å²) in [4.78, 5) is 20.9. The number of aromatic nitrogens is 4. The smallest absolute Gasteiger partial charge is 0.328 e. The van der Waals surface area contributed by atoms with Gasteiger partial charge in [0.15, 0.2) is 0 Å². The van der Waals surface area contributed by atoms with Gasteiger partial charge in [-0.3, -0.25) is 9.48 Å². The van der Waals surface area contributed by atoms with Crippen molar-refractivity contribution in [2.45, 2.75) is 46.1 Å². The van der Waals surface area contributed by atoms with Crippen LogP contribution in [-0.2, 0) is 25.5 Å². The Morgan fingerprint density at radius 1 is 1.17 bits per heavy atom. The molecule has 1 saturated heterocycles. The number of carbonyl (C=O) groups excluding carboxylic acids is 1. The molecule has 0 bridgehead atoms. The van der Waals surface area contributed by atoms with Crippen LogP contribution in [0.1, 0.15) is 38.6 Å². The first-order valence-corrected chi connectivity index (χ1v) is 9.55. The van der Waals surface area contributed by atoms with Crippen molar-refractivity contribution in [1.82, 2.24) is 19.7 Å². The number of nitrogens with zero attached hydrogens (tertiary/aromatic N) is 4. The summed E-state index contributed by atoms with van der Waals surface area (Å²) >= 11 is 0. The Balaban J connectivity index is 1.75. The molecular weight excluding hydrogens is 372 g/mol. The molecule has 0 radical (unpaired) electrons. The van der Waals surface area contributed by atoms with Crippen molar-refractivity contribution in [1.29, 1.82) is 0 Å². The molecule has 1 aliphatic rings. The molecule has 1 aromatic carbocycles. The van der Waals surface area contributed by atoms with Crippen LogP contribution in [0.4, 0.5) is 0 Å². The van der Waals surface area contributed by atoms with Crippen molar-refractivity contribution in [3.63, 3.8) is 0 Å². The minimum Gasteiger partial charge on any atom is -0.459 e. The summed E-state index contributed by atoms with van der Waals surface area (Å²) in [5.41, 5.74) is 2.75. The van der Waals surface area contributed by atoms with Gasteiger partial charge in [-0.1, -0.05) is 6.07 Å². The van der Waals surface area contributed by atoms with Crippen LogP contribution < -0.4 is 0 Å². The van der Waals surface area contributed by atoms with Crippen molar-refractivity contribution in [2.75, 3.05) is 13.2 Å². The highest BCUT2D eigenvalue weighted by Gasteiger charge is 2.26. The molecule has 0 unspecified atom stereocenters. The lowest BCUT2D eigenvalue weighted by Gasteiger charge is -2.19. The van der Waals surface area contributed by atoms with Crippen LogP contribution >= 0.6 is 0 Å². The number of carbonyl (C=O) groups is 1. The summed E-state index contributed by atoms with van der Waals surface area (Å²) in [6, 6.07) is 5.90. The van der Waals surface area contributed by atoms with Gasteiger partial charge in [-0.15, -0.1) is 0 Å². The molecule has 0 amide bonds. The summed E-state index contributed by atoms with van der Waals surface area (Å²) in [5, 5.41) is 5.48. The third kappa shape index (κ3) is 4.28. The van der Waals surface area contributed by atoms with Crippen LogP contribution in [0.3, 0.4) is 0 Å². The van der Waals surface area contributed by atoms with Gasteiger partial charge in [-0.25, -0.2) is 9.97 Å². The molecule has 2 aromatic heterocycles. The zero-order valence-electron chi connectivity index (χ0n) is 17.0. The molecule has 8 nitrogen and oxygen atoms in total. The fourth-order valence-electron chi connectivity index (χ4n) is 3.23. The lowest BCUT2D eigenvalue weighted by molar-refractivity contribution is -0.155. The van der Waals surface area contributed by atoms with Gasteiger partial charge in [0, 0.05) is 23.3 Å². The molecule has 0 saturated carbocycles. The van der Waals surface area contributed by atoms with E-state index in [4.69, 9.17) is 14.2 Å². The lowest BCUT2D eigenvalue weighted by Crippen LogP contribution is -2.26. The van der Waals surface area contributed by atoms with E-state index in [1.54, 1.807) is 17.1 Å². The lowest BCUT2D eigenvalue weighted by atomic mass is 10.1. The summed E-state index contributed by atoms with van der Waals surface area (Å²) in [6.45, 7) is 8.40. The number of benzene rings is 1. The predicted molar refractivity (Wildman–Crippen MR) is 106 cm³/mol. The molecular formula is C21H24N4O4. The second kappa shape index (κ2) is 7.53. The summed E-state index contributed by atoms with van der Waals surface area (Å²) in [5.74, 6) is 0.367. The van der Waals surface area contributed by atoms with E-state index >= 15 is 0 Å². The van der Waals surface area contributed by atoms with Crippen molar-refractivity contribution < 1.29 is 19.0 Å². The Labute approximate surface area is 168 Å². The van der Waals surface area contributed by atoms with Gasteiger partial charge in [0.2, 0.25) is 6.29 Å². The SMILES string of the molecule is Cc1ncc(-c2ccc3c(c2)c(C2OCCO2)nn3CC(=O)OC(C)(C)C)cn1. The van der Waals surface area contributed by atoms with Gasteiger partial charge in [0.25, 0.3) is 0 Å². The highest BCUT2D eigenvalue weighted by molar-refractivity contribution is 5.88. The van der Waals surface area contributed by atoms with E-state index in [-0.39, 0.29) is 12.5 Å². The number of esters is 1. The van der Waals surface area contributed by atoms with Crippen molar-refractivity contribution >= 4 is 16.9 Å². The second-order valence-corrected chi connectivity index (χ2v) is 7.95. The second-order valence-electron chi connectivity index (χ2n) is 7.95. The highest BCUT2D eigenvalue weighted by Crippen LogP contribution is 2.32. The first kappa shape index (κ1) is 19.5. The number of fused-ring (bicyclic) bond motifs is 1. The number of aryl methyl sites for hydroxylation is 1. The largest absolute Gasteiger partial charge is 0.459 e. The van der Waals surface area contributed by atoms with E-state index in [0.29, 0.717) is 24.7 Å². The quantitative estimate of drug-likeness (QED) is 0.626. The minimum atomic E-state index is -0.556. The zero-order chi connectivity index (χ0) is 20.6. The molecule has 1 fully saturated rings. The van der Waals surface area contributed by atoms with Crippen LogP contribution in [0.25, 0.3) is 22.0 Å². The third-order valence-electron chi connectivity index (χ3n) is 4.44. The van der Waals surface area contributed by atoms with Crippen LogP contribution in [0.2, 0.25) is 0 Å². The van der Waals surface area contributed by atoms with Crippen LogP contribution in [0, 0.1) is 6.92 Å². The topological polar surface area (TPSA) is 88.4 Å². The average molecular weight is 396 g/mol. The molecule has 0 atom stereocenters. The van der Waals surface area contributed by atoms with Crippen molar-refractivity contribution in [3.05, 3.63) is 42.1 Å². The number of rotatable bonds is 4. The first-order valence-electron chi connectivity index (χ1n) is 9.55. The van der Waals surface area contributed by atoms with E-state index in [0.717, 1.165) is 22.0 Å². The van der Waals surface area contributed by atoms with Crippen LogP contribution in [0.15, 0.2) is 30.6 Å². The monoisotopic (exact) mass is 396 g/mol. The molecule has 3 heterocycles. The van der Waals surface area contributed by atoms with Gasteiger partial charge in [-0.2, -0.15) is 5.10 Å². The number of hydrogen-bond acceptors (Lipinski definition) is 7. The van der Waals surface area contributed by atoms with E-state index in [1.807, 2.05) is 45.9 Å². The Kier molecular flexibility index (Phi) is 5.06. The maximum Gasteiger partial charge on any atom is 0.328 e. The summed E-state index contributed by atoms with van der Waals surface area (Å²) in [6.07, 6.45) is 3.02. The fraction of sp³-hybridized carbons (Fsp3) is 0.429. The Morgan fingerprint density at radius 2 is 1.86 bits per heavy atom. The molecule has 0 N–H and O–H groups in total. The molecule has 1 aliphatic heterocycles. The zero-order valence-corrected chi connectivity index (χ0v) is 17.0. The molecule has 0 aliphatic carbocycles. The molecule has 0 spiro atoms. The van der Waals surface area contributed by atoms with Gasteiger partial charge in [0.1, 0.15) is 23.7 Å². The predicted octanol–water partition coefficient (Wildman–Crippen LogP) is 3.19. The van der Waals surface area contributed by atoms with Crippen molar-refractivity contribution in [3.8, 4) is 11.1 Å². The first-order chi connectivity index (χ1) is 13.8. The Hall–Kier alpha value is -2.84. The number of ether oxygens (including phenoxy) is 3. The standard InChI is InChI=1S/C21H24N4O4/c1-13-22-10-15(11-23-13)14-5-6-17-16(9-14)19(20-27-7-8-28-20)24-25(17)12-18(26)29-21(2,3)4/h5-6,9-11,20H,7-8,12H2,1-4H3. The fourth-order valence-corrected chi connectivity index (χ4v) is 3.23. The van der Waals surface area contributed by atoms with E-state index in [2.05, 4.69) is 15.1 Å². The Morgan fingerprint density at radius 3 is 2.52 bits per heavy atom. The average Bonchev–Trinajstić information content (AvgIpc) is 3.29. The molecule has 4 rings (SSSR count). The van der Waals surface area contributed by atoms with E-state index in [9.17, 15) is 4.79 Å². The molecule has 8 heteroatoms. The third-order valence-corrected chi connectivity index (χ3v) is 4.44. The van der Waals surface area contributed by atoms with Crippen LogP contribution in [-0.4, -0.2) is 44.5 Å². The molecule has 152 valence electrons. The van der Waals surface area contributed by atoms with Gasteiger partial charge < -0.3 is 14.2 Å². The highest BCUT2D eigenvalue weighted by atomic mass is 16.7. The minimum absolute atomic E-state index is 0.00742. The van der Waals surface area contributed by atoms with Crippen LogP contribution in [0.5, 0.6) is 0 Å². The molecule has 29 heavy (non-hydrogen) atoms. The van der Waals surface area contributed by atoms with Gasteiger partial charge in [-0.05, 0) is 45.4 Å². The van der Waals surface area contributed by atoms with Gasteiger partial charge in [0.05, 0.1) is 18.7 Å². The van der Waals surface area contributed by atoms with E-state index in [1.165, 1.54) is 0 Å². The molecule has 3 aromatic rings. The maximum atomic E-state index is 12.4. The summed E-state index contributed by atoms with van der Waals surface area (Å²) in [7, 11) is 0. The van der Waals surface area contributed by atoms with Gasteiger partial charge >= 0.3 is 5.97 Å². The Bertz CT molecular complexity index is 1030. The van der Waals surface area contributed by atoms with E-state index < -0.39 is 11.9 Å².